The molecule has 0 amide bonds. The zero-order chi connectivity index (χ0) is 18.0. The molecule has 0 radical (unpaired) electrons. The predicted octanol–water partition coefficient (Wildman–Crippen LogP) is 2.16. The summed E-state index contributed by atoms with van der Waals surface area (Å²) >= 11 is 0. The molecule has 0 bridgehead atoms. The Morgan fingerprint density at radius 1 is 1.42 bits per heavy atom. The number of ether oxygens (including phenoxy) is 2. The standard InChI is InChI=1S/C17H24O6S/c1-5-10-17(18,15-11-21-16(3,4)23-15)12-22-24(19,20)14-8-6-13(2)7-9-14/h5-9,15,18H,1,10-12H2,2-4H3/t15-,17-/m0/s1. The van der Waals surface area contributed by atoms with E-state index in [1.54, 1.807) is 26.0 Å². The Hall–Kier alpha value is -1.25. The molecule has 2 atom stereocenters. The predicted molar refractivity (Wildman–Crippen MR) is 89.0 cm³/mol. The molecule has 1 aromatic rings. The summed E-state index contributed by atoms with van der Waals surface area (Å²) in [6.45, 7) is 8.62. The van der Waals surface area contributed by atoms with Crippen LogP contribution < -0.4 is 0 Å². The lowest BCUT2D eigenvalue weighted by Crippen LogP contribution is -2.48. The lowest BCUT2D eigenvalue weighted by molar-refractivity contribution is -0.175. The normalized spacial score (nSPS) is 22.9. The molecule has 0 unspecified atom stereocenters. The molecular weight excluding hydrogens is 332 g/mol. The average molecular weight is 356 g/mol. The van der Waals surface area contributed by atoms with Gasteiger partial charge in [-0.15, -0.1) is 6.58 Å². The second-order valence-corrected chi connectivity index (χ2v) is 8.06. The molecule has 1 aromatic carbocycles. The molecule has 0 aliphatic carbocycles. The summed E-state index contributed by atoms with van der Waals surface area (Å²) in [6, 6.07) is 6.30. The molecule has 24 heavy (non-hydrogen) atoms. The van der Waals surface area contributed by atoms with Crippen molar-refractivity contribution < 1.29 is 27.2 Å². The van der Waals surface area contributed by atoms with Gasteiger partial charge in [0.1, 0.15) is 11.7 Å². The van der Waals surface area contributed by atoms with Gasteiger partial charge in [0.05, 0.1) is 18.1 Å². The van der Waals surface area contributed by atoms with Crippen molar-refractivity contribution in [2.45, 2.75) is 49.6 Å². The lowest BCUT2D eigenvalue weighted by Gasteiger charge is -2.32. The first-order chi connectivity index (χ1) is 11.1. The van der Waals surface area contributed by atoms with Gasteiger partial charge in [0.2, 0.25) is 0 Å². The van der Waals surface area contributed by atoms with E-state index in [-0.39, 0.29) is 17.9 Å². The third-order valence-electron chi connectivity index (χ3n) is 3.88. The topological polar surface area (TPSA) is 82.1 Å². The second kappa shape index (κ2) is 6.93. The molecule has 6 nitrogen and oxygen atoms in total. The van der Waals surface area contributed by atoms with Crippen LogP contribution >= 0.6 is 0 Å². The highest BCUT2D eigenvalue weighted by molar-refractivity contribution is 7.86. The van der Waals surface area contributed by atoms with Crippen molar-refractivity contribution in [3.8, 4) is 0 Å². The van der Waals surface area contributed by atoms with Crippen LogP contribution in [0.3, 0.4) is 0 Å². The minimum absolute atomic E-state index is 0.0398. The molecule has 7 heteroatoms. The summed E-state index contributed by atoms with van der Waals surface area (Å²) < 4.78 is 40.8. The van der Waals surface area contributed by atoms with E-state index >= 15 is 0 Å². The number of benzene rings is 1. The molecular formula is C17H24O6S. The molecule has 1 fully saturated rings. The number of rotatable bonds is 7. The van der Waals surface area contributed by atoms with Crippen LogP contribution in [0.2, 0.25) is 0 Å². The van der Waals surface area contributed by atoms with Gasteiger partial charge in [0.15, 0.2) is 5.79 Å². The van der Waals surface area contributed by atoms with Gasteiger partial charge in [-0.3, -0.25) is 4.18 Å². The number of hydrogen-bond donors (Lipinski definition) is 1. The molecule has 1 aliphatic heterocycles. The van der Waals surface area contributed by atoms with Crippen LogP contribution in [0.5, 0.6) is 0 Å². The zero-order valence-corrected chi connectivity index (χ0v) is 15.0. The van der Waals surface area contributed by atoms with Crippen molar-refractivity contribution in [3.05, 3.63) is 42.5 Å². The number of aryl methyl sites for hydroxylation is 1. The van der Waals surface area contributed by atoms with E-state index in [0.29, 0.717) is 0 Å². The van der Waals surface area contributed by atoms with Crippen LogP contribution in [0.15, 0.2) is 41.8 Å². The van der Waals surface area contributed by atoms with Crippen molar-refractivity contribution in [3.63, 3.8) is 0 Å². The number of hydrogen-bond acceptors (Lipinski definition) is 6. The first-order valence-corrected chi connectivity index (χ1v) is 9.10. The van der Waals surface area contributed by atoms with Crippen LogP contribution in [0.1, 0.15) is 25.8 Å². The van der Waals surface area contributed by atoms with Crippen molar-refractivity contribution in [1.29, 1.82) is 0 Å². The molecule has 1 N–H and O–H groups in total. The fourth-order valence-electron chi connectivity index (χ4n) is 2.44. The molecule has 0 spiro atoms. The van der Waals surface area contributed by atoms with Crippen LogP contribution in [0.25, 0.3) is 0 Å². The Morgan fingerprint density at radius 2 is 2.04 bits per heavy atom. The fraction of sp³-hybridized carbons (Fsp3) is 0.529. The Morgan fingerprint density at radius 3 is 2.54 bits per heavy atom. The van der Waals surface area contributed by atoms with Crippen LogP contribution in [0.4, 0.5) is 0 Å². The third-order valence-corrected chi connectivity index (χ3v) is 5.16. The summed E-state index contributed by atoms with van der Waals surface area (Å²) in [7, 11) is -3.98. The quantitative estimate of drug-likeness (QED) is 0.595. The largest absolute Gasteiger partial charge is 0.384 e. The van der Waals surface area contributed by atoms with Crippen LogP contribution in [-0.2, 0) is 23.8 Å². The fourth-order valence-corrected chi connectivity index (χ4v) is 3.40. The molecule has 1 saturated heterocycles. The third kappa shape index (κ3) is 4.43. The molecule has 134 valence electrons. The van der Waals surface area contributed by atoms with Crippen molar-refractivity contribution in [2.24, 2.45) is 0 Å². The highest BCUT2D eigenvalue weighted by Crippen LogP contribution is 2.32. The summed E-state index contributed by atoms with van der Waals surface area (Å²) in [5.74, 6) is -0.838. The summed E-state index contributed by atoms with van der Waals surface area (Å²) in [5, 5.41) is 10.8. The van der Waals surface area contributed by atoms with Crippen LogP contribution in [-0.4, -0.2) is 44.2 Å². The van der Waals surface area contributed by atoms with Gasteiger partial charge in [0.25, 0.3) is 10.1 Å². The Kier molecular flexibility index (Phi) is 5.51. The van der Waals surface area contributed by atoms with Gasteiger partial charge in [-0.25, -0.2) is 0 Å². The molecule has 0 saturated carbocycles. The Balaban J connectivity index is 2.13. The van der Waals surface area contributed by atoms with E-state index in [1.165, 1.54) is 18.2 Å². The highest BCUT2D eigenvalue weighted by Gasteiger charge is 2.46. The minimum atomic E-state index is -3.98. The summed E-state index contributed by atoms with van der Waals surface area (Å²) in [5.41, 5.74) is -0.608. The number of aliphatic hydroxyl groups is 1. The van der Waals surface area contributed by atoms with Gasteiger partial charge in [-0.1, -0.05) is 23.8 Å². The zero-order valence-electron chi connectivity index (χ0n) is 14.2. The highest BCUT2D eigenvalue weighted by atomic mass is 32.2. The maximum absolute atomic E-state index is 12.3. The van der Waals surface area contributed by atoms with Crippen LogP contribution in [0, 0.1) is 6.92 Å². The van der Waals surface area contributed by atoms with E-state index < -0.39 is 34.2 Å². The van der Waals surface area contributed by atoms with E-state index in [9.17, 15) is 13.5 Å². The van der Waals surface area contributed by atoms with Gasteiger partial charge < -0.3 is 14.6 Å². The van der Waals surface area contributed by atoms with Crippen molar-refractivity contribution >= 4 is 10.1 Å². The Labute approximate surface area is 143 Å². The van der Waals surface area contributed by atoms with Gasteiger partial charge in [0, 0.05) is 0 Å². The Bertz CT molecular complexity index is 680. The van der Waals surface area contributed by atoms with E-state index in [0.717, 1.165) is 5.56 Å². The molecule has 1 aliphatic rings. The van der Waals surface area contributed by atoms with E-state index in [2.05, 4.69) is 6.58 Å². The SMILES string of the molecule is C=CC[C@](O)(COS(=O)(=O)c1ccc(C)cc1)[C@@H]1COC(C)(C)O1. The monoisotopic (exact) mass is 356 g/mol. The smallest absolute Gasteiger partial charge is 0.297 e. The molecule has 1 heterocycles. The summed E-state index contributed by atoms with van der Waals surface area (Å²) in [6.07, 6.45) is 0.899. The lowest BCUT2D eigenvalue weighted by atomic mass is 9.94. The van der Waals surface area contributed by atoms with Crippen molar-refractivity contribution in [2.75, 3.05) is 13.2 Å². The van der Waals surface area contributed by atoms with Gasteiger partial charge >= 0.3 is 0 Å². The van der Waals surface area contributed by atoms with Gasteiger partial charge in [-0.05, 0) is 39.3 Å². The minimum Gasteiger partial charge on any atom is -0.384 e. The van der Waals surface area contributed by atoms with E-state index in [4.69, 9.17) is 13.7 Å². The first-order valence-electron chi connectivity index (χ1n) is 7.69. The molecule has 2 rings (SSSR count). The summed E-state index contributed by atoms with van der Waals surface area (Å²) in [4.78, 5) is 0.0398. The maximum atomic E-state index is 12.3. The average Bonchev–Trinajstić information content (AvgIpc) is 2.87. The van der Waals surface area contributed by atoms with E-state index in [1.807, 2.05) is 6.92 Å². The van der Waals surface area contributed by atoms with Crippen molar-refractivity contribution in [1.82, 2.24) is 0 Å². The second-order valence-electron chi connectivity index (χ2n) is 6.44. The van der Waals surface area contributed by atoms with Gasteiger partial charge in [-0.2, -0.15) is 8.42 Å². The maximum Gasteiger partial charge on any atom is 0.297 e. The first kappa shape index (κ1) is 19.1. The molecule has 0 aromatic heterocycles.